The van der Waals surface area contributed by atoms with E-state index in [-0.39, 0.29) is 0 Å². The molecular weight excluding hydrogens is 296 g/mol. The van der Waals surface area contributed by atoms with Gasteiger partial charge in [0.2, 0.25) is 0 Å². The summed E-state index contributed by atoms with van der Waals surface area (Å²) in [7, 11) is 1.80. The second-order valence-corrected chi connectivity index (χ2v) is 5.71. The summed E-state index contributed by atoms with van der Waals surface area (Å²) in [5.74, 6) is -1.43. The van der Waals surface area contributed by atoms with Crippen molar-refractivity contribution in [2.45, 2.75) is 46.1 Å². The molecule has 124 valence electrons. The molecule has 0 radical (unpaired) electrons. The minimum absolute atomic E-state index is 0.386. The van der Waals surface area contributed by atoms with Crippen LogP contribution >= 0.6 is 0 Å². The highest BCUT2D eigenvalue weighted by molar-refractivity contribution is 6.00. The molecule has 0 bridgehead atoms. The van der Waals surface area contributed by atoms with E-state index >= 15 is 0 Å². The number of aliphatic carboxylic acids is 1. The van der Waals surface area contributed by atoms with Crippen LogP contribution < -0.4 is 5.32 Å². The normalized spacial score (nSPS) is 12.3. The van der Waals surface area contributed by atoms with E-state index in [1.165, 1.54) is 0 Å². The van der Waals surface area contributed by atoms with Crippen molar-refractivity contribution in [2.24, 2.45) is 7.05 Å². The summed E-state index contributed by atoms with van der Waals surface area (Å²) in [6.07, 6.45) is 2.04. The Balaban J connectivity index is 2.31. The lowest BCUT2D eigenvalue weighted by Crippen LogP contribution is -2.41. The van der Waals surface area contributed by atoms with Crippen molar-refractivity contribution in [1.82, 2.24) is 20.1 Å². The van der Waals surface area contributed by atoms with Crippen LogP contribution in [-0.4, -0.2) is 37.8 Å². The highest BCUT2D eigenvalue weighted by atomic mass is 16.4. The summed E-state index contributed by atoms with van der Waals surface area (Å²) < 4.78 is 1.67. The molecule has 23 heavy (non-hydrogen) atoms. The number of nitrogens with one attached hydrogen (secondary N) is 1. The van der Waals surface area contributed by atoms with E-state index in [2.05, 4.69) is 15.4 Å². The number of nitrogens with zero attached hydrogens (tertiary/aromatic N) is 3. The van der Waals surface area contributed by atoms with Gasteiger partial charge in [0.1, 0.15) is 6.04 Å². The van der Waals surface area contributed by atoms with Gasteiger partial charge in [-0.3, -0.25) is 9.48 Å². The van der Waals surface area contributed by atoms with E-state index in [0.29, 0.717) is 23.3 Å². The van der Waals surface area contributed by atoms with Crippen molar-refractivity contribution >= 4 is 22.9 Å². The number of carboxylic acids is 1. The fourth-order valence-electron chi connectivity index (χ4n) is 2.56. The molecule has 1 atom stereocenters. The Morgan fingerprint density at radius 3 is 2.65 bits per heavy atom. The van der Waals surface area contributed by atoms with Gasteiger partial charge in [0.05, 0.1) is 17.0 Å². The first-order valence-electron chi connectivity index (χ1n) is 7.69. The second kappa shape index (κ2) is 6.76. The van der Waals surface area contributed by atoms with Gasteiger partial charge in [0, 0.05) is 12.4 Å². The molecule has 2 N–H and O–H groups in total. The molecule has 0 aliphatic rings. The lowest BCUT2D eigenvalue weighted by molar-refractivity contribution is -0.139. The first kappa shape index (κ1) is 16.9. The predicted octanol–water partition coefficient (Wildman–Crippen LogP) is 1.96. The Hall–Kier alpha value is -2.44. The Morgan fingerprint density at radius 2 is 2.04 bits per heavy atom. The maximum Gasteiger partial charge on any atom is 0.326 e. The van der Waals surface area contributed by atoms with Gasteiger partial charge >= 0.3 is 5.97 Å². The molecule has 0 fully saturated rings. The van der Waals surface area contributed by atoms with Crippen LogP contribution in [0.15, 0.2) is 6.07 Å². The molecule has 2 aromatic rings. The zero-order chi connectivity index (χ0) is 17.1. The van der Waals surface area contributed by atoms with Crippen molar-refractivity contribution in [2.75, 3.05) is 0 Å². The van der Waals surface area contributed by atoms with Crippen molar-refractivity contribution in [3.05, 3.63) is 23.0 Å². The summed E-state index contributed by atoms with van der Waals surface area (Å²) in [6.45, 7) is 5.56. The summed E-state index contributed by atoms with van der Waals surface area (Å²) in [5.41, 5.74) is 2.43. The number of aromatic nitrogens is 3. The quantitative estimate of drug-likeness (QED) is 0.848. The predicted molar refractivity (Wildman–Crippen MR) is 86.4 cm³/mol. The molecule has 0 aromatic carbocycles. The highest BCUT2D eigenvalue weighted by Gasteiger charge is 2.22. The van der Waals surface area contributed by atoms with E-state index in [1.54, 1.807) is 24.7 Å². The first-order valence-corrected chi connectivity index (χ1v) is 7.69. The lowest BCUT2D eigenvalue weighted by Gasteiger charge is -2.15. The van der Waals surface area contributed by atoms with E-state index in [0.717, 1.165) is 23.9 Å². The van der Waals surface area contributed by atoms with E-state index in [4.69, 9.17) is 0 Å². The van der Waals surface area contributed by atoms with Crippen LogP contribution in [0.5, 0.6) is 0 Å². The van der Waals surface area contributed by atoms with Crippen LogP contribution in [0.3, 0.4) is 0 Å². The maximum absolute atomic E-state index is 12.5. The molecule has 0 saturated carbocycles. The first-order chi connectivity index (χ1) is 10.8. The molecule has 0 aliphatic carbocycles. The minimum atomic E-state index is -1.02. The molecule has 0 saturated heterocycles. The number of carbonyl (C=O) groups excluding carboxylic acids is 1. The second-order valence-electron chi connectivity index (χ2n) is 5.71. The van der Waals surface area contributed by atoms with E-state index in [9.17, 15) is 14.7 Å². The third-order valence-corrected chi connectivity index (χ3v) is 3.88. The van der Waals surface area contributed by atoms with Crippen LogP contribution in [0, 0.1) is 13.8 Å². The van der Waals surface area contributed by atoms with Gasteiger partial charge in [0.15, 0.2) is 5.65 Å². The van der Waals surface area contributed by atoms with E-state index in [1.807, 2.05) is 13.8 Å². The van der Waals surface area contributed by atoms with Crippen LogP contribution in [0.25, 0.3) is 11.0 Å². The monoisotopic (exact) mass is 318 g/mol. The van der Waals surface area contributed by atoms with Gasteiger partial charge in [-0.2, -0.15) is 5.10 Å². The molecular formula is C16H22N4O3. The third-order valence-electron chi connectivity index (χ3n) is 3.88. The summed E-state index contributed by atoms with van der Waals surface area (Å²) in [5, 5.41) is 16.9. The molecule has 7 heteroatoms. The largest absolute Gasteiger partial charge is 0.480 e. The van der Waals surface area contributed by atoms with Crippen molar-refractivity contribution in [3.63, 3.8) is 0 Å². The minimum Gasteiger partial charge on any atom is -0.480 e. The molecule has 2 heterocycles. The average Bonchev–Trinajstić information content (AvgIpc) is 2.76. The lowest BCUT2D eigenvalue weighted by atomic mass is 10.1. The Labute approximate surface area is 134 Å². The fourth-order valence-corrected chi connectivity index (χ4v) is 2.56. The smallest absolute Gasteiger partial charge is 0.326 e. The number of carboxylic acid groups (broad SMARTS) is 1. The Bertz CT molecular complexity index is 751. The zero-order valence-electron chi connectivity index (χ0n) is 13.9. The standard InChI is InChI=1S/C16H22N4O3/c1-5-6-7-13(16(22)23)18-15(21)12-8-11-10(3)19-20(4)14(11)17-9(12)2/h8,13H,5-7H2,1-4H3,(H,18,21)(H,22,23)/t13-/m0/s1. The number of rotatable bonds is 6. The molecule has 2 aromatic heterocycles. The van der Waals surface area contributed by atoms with Crippen LogP contribution in [0.2, 0.25) is 0 Å². The molecule has 1 amide bonds. The molecule has 0 spiro atoms. The number of fused-ring (bicyclic) bond motifs is 1. The van der Waals surface area contributed by atoms with Gasteiger partial charge in [-0.1, -0.05) is 19.8 Å². The number of hydrogen-bond donors (Lipinski definition) is 2. The number of pyridine rings is 1. The maximum atomic E-state index is 12.5. The van der Waals surface area contributed by atoms with Gasteiger partial charge in [0.25, 0.3) is 5.91 Å². The topological polar surface area (TPSA) is 97.1 Å². The zero-order valence-corrected chi connectivity index (χ0v) is 13.9. The van der Waals surface area contributed by atoms with Gasteiger partial charge in [-0.25, -0.2) is 9.78 Å². The van der Waals surface area contributed by atoms with E-state index < -0.39 is 17.9 Å². The number of amides is 1. The summed E-state index contributed by atoms with van der Waals surface area (Å²) in [6, 6.07) is 0.848. The highest BCUT2D eigenvalue weighted by Crippen LogP contribution is 2.19. The van der Waals surface area contributed by atoms with Crippen molar-refractivity contribution < 1.29 is 14.7 Å². The molecule has 2 rings (SSSR count). The number of aryl methyl sites for hydroxylation is 3. The summed E-state index contributed by atoms with van der Waals surface area (Å²) in [4.78, 5) is 28.2. The van der Waals surface area contributed by atoms with Gasteiger partial charge in [-0.05, 0) is 26.3 Å². The summed E-state index contributed by atoms with van der Waals surface area (Å²) >= 11 is 0. The molecule has 0 unspecified atom stereocenters. The molecule has 7 nitrogen and oxygen atoms in total. The third kappa shape index (κ3) is 3.49. The van der Waals surface area contributed by atoms with Crippen molar-refractivity contribution in [3.8, 4) is 0 Å². The Morgan fingerprint density at radius 1 is 1.35 bits per heavy atom. The van der Waals surface area contributed by atoms with Crippen LogP contribution in [0.4, 0.5) is 0 Å². The van der Waals surface area contributed by atoms with Crippen LogP contribution in [0.1, 0.15) is 47.9 Å². The van der Waals surface area contributed by atoms with Crippen molar-refractivity contribution in [1.29, 1.82) is 0 Å². The van der Waals surface area contributed by atoms with Crippen LogP contribution in [-0.2, 0) is 11.8 Å². The number of unbranched alkanes of at least 4 members (excludes halogenated alkanes) is 1. The number of carbonyl (C=O) groups is 2. The van der Waals surface area contributed by atoms with Gasteiger partial charge < -0.3 is 10.4 Å². The average molecular weight is 318 g/mol. The fraction of sp³-hybridized carbons (Fsp3) is 0.500. The number of hydrogen-bond acceptors (Lipinski definition) is 4. The van der Waals surface area contributed by atoms with Gasteiger partial charge in [-0.15, -0.1) is 0 Å². The Kier molecular flexibility index (Phi) is 4.98. The molecule has 0 aliphatic heterocycles. The SMILES string of the molecule is CCCC[C@H](NC(=O)c1cc2c(C)nn(C)c2nc1C)C(=O)O.